The van der Waals surface area contributed by atoms with Crippen LogP contribution < -0.4 is 5.32 Å². The molecule has 0 radical (unpaired) electrons. The lowest BCUT2D eigenvalue weighted by molar-refractivity contribution is 0.191. The molecule has 6 nitrogen and oxygen atoms in total. The molecule has 0 spiro atoms. The normalized spacial score (nSPS) is 17.2. The summed E-state index contributed by atoms with van der Waals surface area (Å²) >= 11 is 6.26. The fraction of sp³-hybridized carbons (Fsp3) is 0.471. The lowest BCUT2D eigenvalue weighted by Crippen LogP contribution is -2.43. The molecule has 0 unspecified atom stereocenters. The van der Waals surface area contributed by atoms with Crippen LogP contribution in [0.1, 0.15) is 31.2 Å². The highest BCUT2D eigenvalue weighted by Crippen LogP contribution is 2.24. The molecule has 1 aromatic heterocycles. The average Bonchev–Trinajstić information content (AvgIpc) is 3.23. The molecular formula is C17H22ClN5O. The van der Waals surface area contributed by atoms with E-state index in [2.05, 4.69) is 15.4 Å². The third kappa shape index (κ3) is 3.70. The van der Waals surface area contributed by atoms with E-state index in [-0.39, 0.29) is 12.1 Å². The van der Waals surface area contributed by atoms with Crippen LogP contribution in [-0.4, -0.2) is 38.3 Å². The Morgan fingerprint density at radius 1 is 1.42 bits per heavy atom. The van der Waals surface area contributed by atoms with E-state index in [9.17, 15) is 4.79 Å². The molecule has 1 aliphatic heterocycles. The summed E-state index contributed by atoms with van der Waals surface area (Å²) < 4.78 is 1.78. The number of carbonyl (C=O) groups is 1. The third-order valence-corrected chi connectivity index (χ3v) is 4.81. The van der Waals surface area contributed by atoms with Gasteiger partial charge in [0.1, 0.15) is 12.2 Å². The topological polar surface area (TPSA) is 63.1 Å². The van der Waals surface area contributed by atoms with E-state index in [0.29, 0.717) is 6.54 Å². The number of hydrogen-bond acceptors (Lipinski definition) is 3. The second-order valence-corrected chi connectivity index (χ2v) is 6.34. The lowest BCUT2D eigenvalue weighted by atomic mass is 10.0. The zero-order valence-corrected chi connectivity index (χ0v) is 14.5. The number of hydrogen-bond donors (Lipinski definition) is 1. The second kappa shape index (κ2) is 7.66. The molecule has 1 fully saturated rings. The van der Waals surface area contributed by atoms with Gasteiger partial charge in [0.2, 0.25) is 0 Å². The van der Waals surface area contributed by atoms with E-state index in [0.717, 1.165) is 48.8 Å². The van der Waals surface area contributed by atoms with Crippen molar-refractivity contribution in [2.45, 2.75) is 45.3 Å². The number of rotatable bonds is 5. The van der Waals surface area contributed by atoms with Crippen LogP contribution in [0.25, 0.3) is 0 Å². The maximum Gasteiger partial charge on any atom is 0.318 e. The standard InChI is InChI=1S/C17H22ClN5O/c1-2-23-16(20-12-21-23)11-19-17(24)22-9-5-7-14(22)10-13-6-3-4-8-15(13)18/h3-4,6,8,12,14H,2,5,7,9-11H2,1H3,(H,19,24)/t14-/m0/s1. The quantitative estimate of drug-likeness (QED) is 0.904. The SMILES string of the molecule is CCn1ncnc1CNC(=O)N1CCC[C@H]1Cc1ccccc1Cl. The zero-order chi connectivity index (χ0) is 16.9. The highest BCUT2D eigenvalue weighted by molar-refractivity contribution is 6.31. The van der Waals surface area contributed by atoms with Gasteiger partial charge in [-0.3, -0.25) is 0 Å². The van der Waals surface area contributed by atoms with Gasteiger partial charge in [-0.2, -0.15) is 5.10 Å². The first-order valence-electron chi connectivity index (χ1n) is 8.33. The smallest absolute Gasteiger partial charge is 0.318 e. The molecule has 0 aliphatic carbocycles. The summed E-state index contributed by atoms with van der Waals surface area (Å²) in [6.45, 7) is 3.91. The maximum atomic E-state index is 12.6. The molecule has 24 heavy (non-hydrogen) atoms. The molecule has 1 aliphatic rings. The highest BCUT2D eigenvalue weighted by Gasteiger charge is 2.29. The predicted molar refractivity (Wildman–Crippen MR) is 92.8 cm³/mol. The van der Waals surface area contributed by atoms with E-state index in [1.807, 2.05) is 36.1 Å². The summed E-state index contributed by atoms with van der Waals surface area (Å²) in [7, 11) is 0. The number of nitrogens with one attached hydrogen (secondary N) is 1. The maximum absolute atomic E-state index is 12.6. The minimum Gasteiger partial charge on any atom is -0.331 e. The first kappa shape index (κ1) is 16.8. The Morgan fingerprint density at radius 3 is 3.04 bits per heavy atom. The van der Waals surface area contributed by atoms with Gasteiger partial charge < -0.3 is 10.2 Å². The van der Waals surface area contributed by atoms with Crippen LogP contribution in [0.2, 0.25) is 5.02 Å². The number of urea groups is 1. The average molecular weight is 348 g/mol. The van der Waals surface area contributed by atoms with Crippen LogP contribution >= 0.6 is 11.6 Å². The number of aromatic nitrogens is 3. The molecule has 1 aromatic carbocycles. The molecule has 0 bridgehead atoms. The summed E-state index contributed by atoms with van der Waals surface area (Å²) in [6, 6.07) is 7.98. The van der Waals surface area contributed by atoms with Crippen LogP contribution in [0.3, 0.4) is 0 Å². The number of carbonyl (C=O) groups excluding carboxylic acids is 1. The Morgan fingerprint density at radius 2 is 2.25 bits per heavy atom. The fourth-order valence-electron chi connectivity index (χ4n) is 3.18. The molecule has 2 heterocycles. The molecule has 2 aromatic rings. The van der Waals surface area contributed by atoms with Crippen LogP contribution in [0, 0.1) is 0 Å². The van der Waals surface area contributed by atoms with Crippen molar-refractivity contribution < 1.29 is 4.79 Å². The summed E-state index contributed by atoms with van der Waals surface area (Å²) in [5, 5.41) is 7.84. The Labute approximate surface area is 146 Å². The minimum absolute atomic E-state index is 0.0461. The van der Waals surface area contributed by atoms with Gasteiger partial charge in [0.25, 0.3) is 0 Å². The van der Waals surface area contributed by atoms with Gasteiger partial charge >= 0.3 is 6.03 Å². The number of halogens is 1. The van der Waals surface area contributed by atoms with Gasteiger partial charge in [-0.25, -0.2) is 14.5 Å². The van der Waals surface area contributed by atoms with Crippen molar-refractivity contribution in [3.05, 3.63) is 47.0 Å². The Hall–Kier alpha value is -2.08. The van der Waals surface area contributed by atoms with Crippen molar-refractivity contribution in [3.8, 4) is 0 Å². The van der Waals surface area contributed by atoms with Gasteiger partial charge in [0.15, 0.2) is 0 Å². The summed E-state index contributed by atoms with van der Waals surface area (Å²) in [5.41, 5.74) is 1.09. The van der Waals surface area contributed by atoms with Crippen molar-refractivity contribution in [2.75, 3.05) is 6.54 Å². The van der Waals surface area contributed by atoms with Crippen LogP contribution in [0.5, 0.6) is 0 Å². The van der Waals surface area contributed by atoms with E-state index in [1.165, 1.54) is 6.33 Å². The Bertz CT molecular complexity index is 702. The Kier molecular flexibility index (Phi) is 5.35. The van der Waals surface area contributed by atoms with Crippen molar-refractivity contribution in [1.82, 2.24) is 25.0 Å². The zero-order valence-electron chi connectivity index (χ0n) is 13.8. The van der Waals surface area contributed by atoms with E-state index < -0.39 is 0 Å². The highest BCUT2D eigenvalue weighted by atomic mass is 35.5. The van der Waals surface area contributed by atoms with E-state index in [1.54, 1.807) is 4.68 Å². The first-order chi connectivity index (χ1) is 11.7. The van der Waals surface area contributed by atoms with Crippen LogP contribution in [-0.2, 0) is 19.5 Å². The van der Waals surface area contributed by atoms with Gasteiger partial charge in [-0.1, -0.05) is 29.8 Å². The van der Waals surface area contributed by atoms with Crippen LogP contribution in [0.4, 0.5) is 4.79 Å². The lowest BCUT2D eigenvalue weighted by Gasteiger charge is -2.25. The molecule has 3 rings (SSSR count). The summed E-state index contributed by atoms with van der Waals surface area (Å²) in [6.07, 6.45) is 4.33. The van der Waals surface area contributed by atoms with Crippen molar-refractivity contribution >= 4 is 17.6 Å². The first-order valence-corrected chi connectivity index (χ1v) is 8.71. The number of aryl methyl sites for hydroxylation is 1. The third-order valence-electron chi connectivity index (χ3n) is 4.44. The number of amides is 2. The second-order valence-electron chi connectivity index (χ2n) is 5.94. The molecule has 1 N–H and O–H groups in total. The molecule has 128 valence electrons. The van der Waals surface area contributed by atoms with Crippen molar-refractivity contribution in [1.29, 1.82) is 0 Å². The molecule has 0 saturated carbocycles. The molecule has 1 atom stereocenters. The van der Waals surface area contributed by atoms with Crippen molar-refractivity contribution in [3.63, 3.8) is 0 Å². The van der Waals surface area contributed by atoms with E-state index >= 15 is 0 Å². The summed E-state index contributed by atoms with van der Waals surface area (Å²) in [4.78, 5) is 18.6. The van der Waals surface area contributed by atoms with Gasteiger partial charge in [-0.05, 0) is 37.8 Å². The van der Waals surface area contributed by atoms with Crippen LogP contribution in [0.15, 0.2) is 30.6 Å². The molecular weight excluding hydrogens is 326 g/mol. The number of benzene rings is 1. The molecule has 7 heteroatoms. The van der Waals surface area contributed by atoms with Gasteiger partial charge in [-0.15, -0.1) is 0 Å². The van der Waals surface area contributed by atoms with Crippen molar-refractivity contribution in [2.24, 2.45) is 0 Å². The minimum atomic E-state index is -0.0461. The fourth-order valence-corrected chi connectivity index (χ4v) is 3.39. The van der Waals surface area contributed by atoms with Gasteiger partial charge in [0.05, 0.1) is 6.54 Å². The van der Waals surface area contributed by atoms with E-state index in [4.69, 9.17) is 11.6 Å². The monoisotopic (exact) mass is 347 g/mol. The molecule has 1 saturated heterocycles. The number of likely N-dealkylation sites (tertiary alicyclic amines) is 1. The summed E-state index contributed by atoms with van der Waals surface area (Å²) in [5.74, 6) is 0.771. The largest absolute Gasteiger partial charge is 0.331 e. The Balaban J connectivity index is 1.60. The number of nitrogens with zero attached hydrogens (tertiary/aromatic N) is 4. The predicted octanol–water partition coefficient (Wildman–Crippen LogP) is 2.87. The van der Waals surface area contributed by atoms with Gasteiger partial charge in [0, 0.05) is 24.2 Å². The molecule has 2 amide bonds.